The van der Waals surface area contributed by atoms with Crippen LogP contribution >= 0.6 is 0 Å². The Morgan fingerprint density at radius 3 is 1.34 bits per heavy atom. The Morgan fingerprint density at radius 2 is 0.943 bits per heavy atom. The highest BCUT2D eigenvalue weighted by atomic mass is 16.7. The average Bonchev–Trinajstić information content (AvgIpc) is 2.81. The van der Waals surface area contributed by atoms with Crippen molar-refractivity contribution in [1.29, 1.82) is 0 Å². The van der Waals surface area contributed by atoms with Crippen molar-refractivity contribution < 1.29 is 42.9 Å². The lowest BCUT2D eigenvalue weighted by Crippen LogP contribution is -2.14. The molecule has 0 saturated heterocycles. The molecule has 0 aliphatic carbocycles. The zero-order valence-electron chi connectivity index (χ0n) is 17.8. The van der Waals surface area contributed by atoms with Gasteiger partial charge in [0.1, 0.15) is 6.61 Å². The normalized spacial score (nSPS) is 9.43. The number of Topliss-reactive ketones (excluding diaryl/α,β-unsaturated/α-hetero) is 1. The fraction of sp³-hybridized carbons (Fsp3) is 0.385. The van der Waals surface area contributed by atoms with Gasteiger partial charge < -0.3 is 23.7 Å². The highest BCUT2D eigenvalue weighted by molar-refractivity contribution is 5.96. The van der Waals surface area contributed by atoms with Gasteiger partial charge in [-0.1, -0.05) is 34.4 Å². The summed E-state index contributed by atoms with van der Waals surface area (Å²) >= 11 is 0. The molecule has 0 fully saturated rings. The molecule has 2 rings (SSSR count). The zero-order chi connectivity index (χ0) is 23.3. The van der Waals surface area contributed by atoms with Crippen LogP contribution in [0.4, 0.5) is 0 Å². The predicted octanol–water partition coefficient (Wildman–Crippen LogP) is 4.59. The smallest absolute Gasteiger partial charge is 0.340 e. The van der Waals surface area contributed by atoms with Gasteiger partial charge in [0.25, 0.3) is 0 Å². The van der Waals surface area contributed by atoms with Crippen LogP contribution in [0.3, 0.4) is 0 Å². The molecule has 0 spiro atoms. The number of esters is 3. The molecule has 9 nitrogen and oxygen atoms in total. The second-order valence-electron chi connectivity index (χ2n) is 6.43. The van der Waals surface area contributed by atoms with Crippen molar-refractivity contribution in [3.63, 3.8) is 0 Å². The Balaban J connectivity index is 0. The maximum Gasteiger partial charge on any atom is 0.340 e. The van der Waals surface area contributed by atoms with E-state index in [0.29, 0.717) is 18.8 Å². The molecule has 0 atom stereocenters. The lowest BCUT2D eigenvalue weighted by molar-refractivity contribution is -0.0167. The van der Waals surface area contributed by atoms with Gasteiger partial charge >= 0.3 is 17.9 Å². The lowest BCUT2D eigenvalue weighted by atomic mass is 10.1. The molecule has 0 unspecified atom stereocenters. The third-order valence-electron chi connectivity index (χ3n) is 4.16. The molecule has 9 heteroatoms. The number of methoxy groups -OCH3 is 1. The number of carbonyl (C=O) groups is 4. The Hall–Kier alpha value is -3.56. The van der Waals surface area contributed by atoms with Gasteiger partial charge in [0.05, 0.1) is 36.5 Å². The van der Waals surface area contributed by atoms with E-state index in [1.165, 1.54) is 55.5 Å². The molecule has 2 aromatic rings. The van der Waals surface area contributed by atoms with E-state index >= 15 is 0 Å². The summed E-state index contributed by atoms with van der Waals surface area (Å²) in [5.41, 5.74) is 1.12. The molecule has 2 aromatic carbocycles. The van der Waals surface area contributed by atoms with E-state index in [4.69, 9.17) is 23.7 Å². The van der Waals surface area contributed by atoms with E-state index < -0.39 is 24.7 Å². The van der Waals surface area contributed by atoms with Crippen LogP contribution in [-0.2, 0) is 23.7 Å². The third-order valence-corrected chi connectivity index (χ3v) is 4.16. The molecular formula is C26H36O9. The van der Waals surface area contributed by atoms with Gasteiger partial charge in [-0.15, -0.1) is 0 Å². The van der Waals surface area contributed by atoms with Gasteiger partial charge in [0.2, 0.25) is 6.79 Å². The van der Waals surface area contributed by atoms with Gasteiger partial charge in [-0.2, -0.15) is 0 Å². The van der Waals surface area contributed by atoms with E-state index in [1.54, 1.807) is 7.11 Å². The fourth-order valence-corrected chi connectivity index (χ4v) is 2.41. The van der Waals surface area contributed by atoms with Gasteiger partial charge in [-0.3, -0.25) is 4.79 Å². The van der Waals surface area contributed by atoms with Crippen LogP contribution in [0, 0.1) is 0 Å². The van der Waals surface area contributed by atoms with Crippen molar-refractivity contribution in [2.45, 2.75) is 29.2 Å². The van der Waals surface area contributed by atoms with Crippen LogP contribution in [0.2, 0.25) is 0 Å². The summed E-state index contributed by atoms with van der Waals surface area (Å²) in [5, 5.41) is 0. The second-order valence-corrected chi connectivity index (χ2v) is 6.43. The highest BCUT2D eigenvalue weighted by Gasteiger charge is 2.13. The van der Waals surface area contributed by atoms with Gasteiger partial charge in [0.15, 0.2) is 5.78 Å². The number of ether oxygens (including phenoxy) is 5. The molecule has 0 radical (unpaired) electrons. The summed E-state index contributed by atoms with van der Waals surface area (Å²) in [6.45, 7) is 2.04. The van der Waals surface area contributed by atoms with Crippen molar-refractivity contribution in [2.75, 3.05) is 40.3 Å². The van der Waals surface area contributed by atoms with Crippen molar-refractivity contribution in [2.24, 2.45) is 0 Å². The summed E-state index contributed by atoms with van der Waals surface area (Å²) in [6, 6.07) is 11.6. The third kappa shape index (κ3) is 11.4. The average molecular weight is 493 g/mol. The van der Waals surface area contributed by atoms with Gasteiger partial charge in [-0.05, 0) is 43.3 Å². The Bertz CT molecular complexity index is 919. The van der Waals surface area contributed by atoms with Crippen LogP contribution in [0.15, 0.2) is 48.5 Å². The standard InChI is InChI=1S/C23H24O9.3CH4/c1-16(24)17-3-5-19(6-4-17)22(26)31-15-32-23(27)20-9-7-18(8-10-20)21(25)30-14-13-29-12-11-28-2;;;/h3-10H,11-15H2,1-2H3;3*1H4. The van der Waals surface area contributed by atoms with E-state index in [9.17, 15) is 19.2 Å². The molecule has 0 saturated carbocycles. The number of hydrogen-bond acceptors (Lipinski definition) is 9. The van der Waals surface area contributed by atoms with Crippen LogP contribution in [-0.4, -0.2) is 64.0 Å². The summed E-state index contributed by atoms with van der Waals surface area (Å²) in [6.07, 6.45) is 0. The number of hydrogen-bond donors (Lipinski definition) is 0. The zero-order valence-corrected chi connectivity index (χ0v) is 17.8. The second kappa shape index (κ2) is 17.9. The van der Waals surface area contributed by atoms with Crippen molar-refractivity contribution >= 4 is 23.7 Å². The van der Waals surface area contributed by atoms with Gasteiger partial charge in [0, 0.05) is 12.7 Å². The Labute approximate surface area is 207 Å². The topological polar surface area (TPSA) is 114 Å². The summed E-state index contributed by atoms with van der Waals surface area (Å²) < 4.78 is 24.9. The first-order valence-corrected chi connectivity index (χ1v) is 9.71. The predicted molar refractivity (Wildman–Crippen MR) is 132 cm³/mol. The molecule has 0 aromatic heterocycles. The molecular weight excluding hydrogens is 456 g/mol. The number of benzene rings is 2. The minimum Gasteiger partial charge on any atom is -0.460 e. The highest BCUT2D eigenvalue weighted by Crippen LogP contribution is 2.09. The fourth-order valence-electron chi connectivity index (χ4n) is 2.41. The van der Waals surface area contributed by atoms with E-state index in [1.807, 2.05) is 0 Å². The maximum absolute atomic E-state index is 12.1. The Morgan fingerprint density at radius 1 is 0.571 bits per heavy atom. The van der Waals surface area contributed by atoms with E-state index in [-0.39, 0.29) is 58.0 Å². The summed E-state index contributed by atoms with van der Waals surface area (Å²) in [4.78, 5) is 47.2. The van der Waals surface area contributed by atoms with Crippen molar-refractivity contribution in [3.05, 3.63) is 70.8 Å². The summed E-state index contributed by atoms with van der Waals surface area (Å²) in [7, 11) is 1.56. The molecule has 0 N–H and O–H groups in total. The minimum atomic E-state index is -0.726. The largest absolute Gasteiger partial charge is 0.460 e. The molecule has 35 heavy (non-hydrogen) atoms. The van der Waals surface area contributed by atoms with Crippen LogP contribution in [0.1, 0.15) is 70.6 Å². The number of ketones is 1. The van der Waals surface area contributed by atoms with Crippen LogP contribution in [0.5, 0.6) is 0 Å². The van der Waals surface area contributed by atoms with Crippen LogP contribution < -0.4 is 0 Å². The first-order chi connectivity index (χ1) is 15.4. The molecule has 0 heterocycles. The number of rotatable bonds is 12. The molecule has 0 aliphatic rings. The molecule has 194 valence electrons. The van der Waals surface area contributed by atoms with Crippen molar-refractivity contribution in [1.82, 2.24) is 0 Å². The van der Waals surface area contributed by atoms with Crippen molar-refractivity contribution in [3.8, 4) is 0 Å². The molecule has 0 aliphatic heterocycles. The molecule has 0 bridgehead atoms. The monoisotopic (exact) mass is 492 g/mol. The Kier molecular flexibility index (Phi) is 17.1. The lowest BCUT2D eigenvalue weighted by Gasteiger charge is -2.08. The summed E-state index contributed by atoms with van der Waals surface area (Å²) in [5.74, 6) is -2.09. The maximum atomic E-state index is 12.1. The SMILES string of the molecule is C.C.C.COCCOCCOC(=O)c1ccc(C(=O)OCOC(=O)c2ccc(C(C)=O)cc2)cc1. The van der Waals surface area contributed by atoms with Gasteiger partial charge in [-0.25, -0.2) is 14.4 Å². The quantitative estimate of drug-likeness (QED) is 0.182. The first-order valence-electron chi connectivity index (χ1n) is 9.71. The number of carbonyl (C=O) groups excluding carboxylic acids is 4. The van der Waals surface area contributed by atoms with E-state index in [0.717, 1.165) is 0 Å². The van der Waals surface area contributed by atoms with E-state index in [2.05, 4.69) is 0 Å². The van der Waals surface area contributed by atoms with Crippen LogP contribution in [0.25, 0.3) is 0 Å². The minimum absolute atomic E-state index is 0. The first kappa shape index (κ1) is 33.6. The molecule has 0 amide bonds.